The highest BCUT2D eigenvalue weighted by Crippen LogP contribution is 2.16. The number of aliphatic hydroxyl groups excluding tert-OH is 1. The Morgan fingerprint density at radius 1 is 1.31 bits per heavy atom. The van der Waals surface area contributed by atoms with Crippen molar-refractivity contribution in [2.24, 2.45) is 5.73 Å². The summed E-state index contributed by atoms with van der Waals surface area (Å²) in [7, 11) is 0. The maximum Gasteiger partial charge on any atom is 0.119 e. The summed E-state index contributed by atoms with van der Waals surface area (Å²) in [4.78, 5) is 0. The third kappa shape index (κ3) is 4.51. The van der Waals surface area contributed by atoms with Gasteiger partial charge in [-0.25, -0.2) is 0 Å². The van der Waals surface area contributed by atoms with Crippen LogP contribution in [-0.2, 0) is 0 Å². The zero-order valence-corrected chi connectivity index (χ0v) is 9.81. The van der Waals surface area contributed by atoms with Crippen molar-refractivity contribution >= 4 is 5.69 Å². The van der Waals surface area contributed by atoms with E-state index in [2.05, 4.69) is 5.32 Å². The largest absolute Gasteiger partial charge is 0.491 e. The van der Waals surface area contributed by atoms with Crippen molar-refractivity contribution < 1.29 is 9.84 Å². The SMILES string of the molecule is CC(C)Oc1ccc(NCC(N)CO)cc1. The molecule has 0 aromatic heterocycles. The van der Waals surface area contributed by atoms with Crippen LogP contribution in [0.25, 0.3) is 0 Å². The highest BCUT2D eigenvalue weighted by atomic mass is 16.5. The van der Waals surface area contributed by atoms with E-state index in [1.54, 1.807) is 0 Å². The van der Waals surface area contributed by atoms with Crippen molar-refractivity contribution in [3.05, 3.63) is 24.3 Å². The Morgan fingerprint density at radius 2 is 1.94 bits per heavy atom. The molecule has 0 aliphatic heterocycles. The minimum atomic E-state index is -0.230. The highest BCUT2D eigenvalue weighted by Gasteiger charge is 2.00. The van der Waals surface area contributed by atoms with Crippen LogP contribution in [0.3, 0.4) is 0 Å². The molecule has 0 saturated carbocycles. The van der Waals surface area contributed by atoms with Crippen molar-refractivity contribution in [2.75, 3.05) is 18.5 Å². The van der Waals surface area contributed by atoms with Crippen molar-refractivity contribution in [3.8, 4) is 5.75 Å². The summed E-state index contributed by atoms with van der Waals surface area (Å²) in [5.74, 6) is 0.854. The number of nitrogens with one attached hydrogen (secondary N) is 1. The van der Waals surface area contributed by atoms with Gasteiger partial charge in [0.2, 0.25) is 0 Å². The van der Waals surface area contributed by atoms with Crippen LogP contribution in [0.2, 0.25) is 0 Å². The molecule has 0 spiro atoms. The Morgan fingerprint density at radius 3 is 2.44 bits per heavy atom. The zero-order chi connectivity index (χ0) is 12.0. The first-order valence-corrected chi connectivity index (χ1v) is 5.49. The molecule has 0 aliphatic rings. The standard InChI is InChI=1S/C12H20N2O2/c1-9(2)16-12-5-3-11(4-6-12)14-7-10(13)8-15/h3-6,9-10,14-15H,7-8,13H2,1-2H3. The predicted molar refractivity (Wildman–Crippen MR) is 65.8 cm³/mol. The van der Waals surface area contributed by atoms with Gasteiger partial charge in [-0.2, -0.15) is 0 Å². The summed E-state index contributed by atoms with van der Waals surface area (Å²) < 4.78 is 5.52. The number of rotatable bonds is 6. The van der Waals surface area contributed by atoms with Gasteiger partial charge in [-0.15, -0.1) is 0 Å². The molecule has 90 valence electrons. The van der Waals surface area contributed by atoms with Crippen LogP contribution in [0.4, 0.5) is 5.69 Å². The van der Waals surface area contributed by atoms with Crippen molar-refractivity contribution in [2.45, 2.75) is 26.0 Å². The van der Waals surface area contributed by atoms with Gasteiger partial charge in [-0.1, -0.05) is 0 Å². The quantitative estimate of drug-likeness (QED) is 0.679. The van der Waals surface area contributed by atoms with Crippen molar-refractivity contribution in [1.82, 2.24) is 0 Å². The van der Waals surface area contributed by atoms with E-state index in [-0.39, 0.29) is 18.8 Å². The normalized spacial score (nSPS) is 12.6. The van der Waals surface area contributed by atoms with Gasteiger partial charge < -0.3 is 20.9 Å². The Kier molecular flexibility index (Phi) is 5.08. The molecular formula is C12H20N2O2. The van der Waals surface area contributed by atoms with E-state index < -0.39 is 0 Å². The van der Waals surface area contributed by atoms with E-state index in [0.717, 1.165) is 11.4 Å². The van der Waals surface area contributed by atoms with Gasteiger partial charge in [-0.3, -0.25) is 0 Å². The summed E-state index contributed by atoms with van der Waals surface area (Å²) in [6.07, 6.45) is 0.182. The van der Waals surface area contributed by atoms with Gasteiger partial charge in [0.15, 0.2) is 0 Å². The molecule has 0 heterocycles. The fourth-order valence-corrected chi connectivity index (χ4v) is 1.24. The Balaban J connectivity index is 2.45. The second-order valence-electron chi connectivity index (χ2n) is 4.01. The lowest BCUT2D eigenvalue weighted by Gasteiger charge is -2.12. The van der Waals surface area contributed by atoms with E-state index in [9.17, 15) is 0 Å². The van der Waals surface area contributed by atoms with Gasteiger partial charge in [0.25, 0.3) is 0 Å². The van der Waals surface area contributed by atoms with E-state index in [0.29, 0.717) is 6.54 Å². The van der Waals surface area contributed by atoms with E-state index in [1.165, 1.54) is 0 Å². The molecule has 4 nitrogen and oxygen atoms in total. The van der Waals surface area contributed by atoms with Crippen LogP contribution in [0.15, 0.2) is 24.3 Å². The molecule has 1 aromatic carbocycles. The third-order valence-corrected chi connectivity index (χ3v) is 2.03. The lowest BCUT2D eigenvalue weighted by atomic mass is 10.2. The molecule has 16 heavy (non-hydrogen) atoms. The average Bonchev–Trinajstić information content (AvgIpc) is 2.27. The third-order valence-electron chi connectivity index (χ3n) is 2.03. The number of benzene rings is 1. The lowest BCUT2D eigenvalue weighted by molar-refractivity contribution is 0.242. The topological polar surface area (TPSA) is 67.5 Å². The molecule has 1 rings (SSSR count). The molecule has 1 aromatic rings. The molecule has 1 atom stereocenters. The van der Waals surface area contributed by atoms with Crippen LogP contribution in [0, 0.1) is 0 Å². The maximum absolute atomic E-state index is 8.77. The molecule has 4 heteroatoms. The number of anilines is 1. The van der Waals surface area contributed by atoms with E-state index in [1.807, 2.05) is 38.1 Å². The van der Waals surface area contributed by atoms with Gasteiger partial charge in [0, 0.05) is 18.3 Å². The predicted octanol–water partition coefficient (Wildman–Crippen LogP) is 1.21. The smallest absolute Gasteiger partial charge is 0.119 e. The average molecular weight is 224 g/mol. The molecule has 0 fully saturated rings. The molecule has 0 amide bonds. The second kappa shape index (κ2) is 6.35. The van der Waals surface area contributed by atoms with Gasteiger partial charge in [0.1, 0.15) is 5.75 Å². The first kappa shape index (κ1) is 12.8. The zero-order valence-electron chi connectivity index (χ0n) is 9.81. The summed E-state index contributed by atoms with van der Waals surface area (Å²) in [5, 5.41) is 11.9. The summed E-state index contributed by atoms with van der Waals surface area (Å²) in [6, 6.07) is 7.45. The second-order valence-corrected chi connectivity index (χ2v) is 4.01. The number of hydrogen-bond acceptors (Lipinski definition) is 4. The minimum Gasteiger partial charge on any atom is -0.491 e. The monoisotopic (exact) mass is 224 g/mol. The van der Waals surface area contributed by atoms with Crippen LogP contribution >= 0.6 is 0 Å². The molecule has 0 saturated heterocycles. The fraction of sp³-hybridized carbons (Fsp3) is 0.500. The Hall–Kier alpha value is -1.26. The molecule has 0 bridgehead atoms. The van der Waals surface area contributed by atoms with Crippen molar-refractivity contribution in [1.29, 1.82) is 0 Å². The molecular weight excluding hydrogens is 204 g/mol. The molecule has 1 unspecified atom stereocenters. The first-order valence-electron chi connectivity index (χ1n) is 5.49. The van der Waals surface area contributed by atoms with Crippen LogP contribution in [-0.4, -0.2) is 30.4 Å². The van der Waals surface area contributed by atoms with Gasteiger partial charge in [-0.05, 0) is 38.1 Å². The molecule has 0 radical (unpaired) electrons. The van der Waals surface area contributed by atoms with Crippen LogP contribution in [0.1, 0.15) is 13.8 Å². The number of ether oxygens (including phenoxy) is 1. The maximum atomic E-state index is 8.77. The number of aliphatic hydroxyl groups is 1. The van der Waals surface area contributed by atoms with Crippen LogP contribution < -0.4 is 15.8 Å². The van der Waals surface area contributed by atoms with Crippen LogP contribution in [0.5, 0.6) is 5.75 Å². The number of nitrogens with two attached hydrogens (primary N) is 1. The van der Waals surface area contributed by atoms with E-state index in [4.69, 9.17) is 15.6 Å². The lowest BCUT2D eigenvalue weighted by Crippen LogP contribution is -2.32. The summed E-state index contributed by atoms with van der Waals surface area (Å²) in [5.41, 5.74) is 6.55. The summed E-state index contributed by atoms with van der Waals surface area (Å²) >= 11 is 0. The first-order chi connectivity index (χ1) is 7.61. The van der Waals surface area contributed by atoms with E-state index >= 15 is 0 Å². The van der Waals surface area contributed by atoms with Crippen molar-refractivity contribution in [3.63, 3.8) is 0 Å². The highest BCUT2D eigenvalue weighted by molar-refractivity contribution is 5.46. The summed E-state index contributed by atoms with van der Waals surface area (Å²) in [6.45, 7) is 4.53. The van der Waals surface area contributed by atoms with Gasteiger partial charge >= 0.3 is 0 Å². The Labute approximate surface area is 96.4 Å². The Bertz CT molecular complexity index is 298. The van der Waals surface area contributed by atoms with Gasteiger partial charge in [0.05, 0.1) is 12.7 Å². The molecule has 4 N–H and O–H groups in total. The molecule has 0 aliphatic carbocycles. The number of hydrogen-bond donors (Lipinski definition) is 3. The fourth-order valence-electron chi connectivity index (χ4n) is 1.24. The minimum absolute atomic E-state index is 0.0124.